The lowest BCUT2D eigenvalue weighted by Gasteiger charge is -2.34. The number of carbonyl (C=O) groups excluding carboxylic acids is 1. The molecule has 3 aliphatic rings. The molecule has 0 spiro atoms. The third kappa shape index (κ3) is 6.45. The van der Waals surface area contributed by atoms with Gasteiger partial charge in [-0.3, -0.25) is 28.1 Å². The minimum absolute atomic E-state index is 0.0295. The molecule has 2 aliphatic heterocycles. The van der Waals surface area contributed by atoms with Gasteiger partial charge in [0.15, 0.2) is 5.82 Å². The zero-order valence-electron chi connectivity index (χ0n) is 36.9. The van der Waals surface area contributed by atoms with E-state index in [1.807, 2.05) is 40.8 Å². The summed E-state index contributed by atoms with van der Waals surface area (Å²) >= 11 is 0. The van der Waals surface area contributed by atoms with E-state index in [0.717, 1.165) is 40.3 Å². The summed E-state index contributed by atoms with van der Waals surface area (Å²) < 4.78 is 39.9. The fourth-order valence-corrected chi connectivity index (χ4v) is 10.5. The standard InChI is InChI=1S/C48H49FN10O6/c1-27-20-36(21-28(2)42(27)49)59-43(56-15-14-55(47(56)62)35-7-9-38-34(23-35)26-50-57(38)16-19-63-5)41-30(4)54(13-10-37(41)52-59)44(60)40-24-33-22-32(31-11-17-64-18-12-31)6-8-39(33)58(40)48(25-29(48)3)45-51-46(61)65-53-45/h6-9,14-15,20-24,26,29-31H,10-13,16-19,25H2,1-5H3,(H,51,53,61)/t29-,30-,48-/m0/s1. The fraction of sp³-hybridized carbons (Fsp3) is 0.375. The Kier molecular flexibility index (Phi) is 9.69. The van der Waals surface area contributed by atoms with E-state index in [1.165, 1.54) is 5.56 Å². The number of halogens is 1. The number of aryl methyl sites for hydroxylation is 2. The minimum atomic E-state index is -0.820. The lowest BCUT2D eigenvalue weighted by Crippen LogP contribution is -2.41. The normalized spacial score (nSPS) is 20.0. The molecule has 1 amide bonds. The molecule has 1 saturated carbocycles. The SMILES string of the molecule is COCCn1ncc2cc(-n3ccn(-c4c5c(nn4-c4cc(C)c(F)c(C)c4)CCN(C(=O)c4cc6cc(C7CCOCC7)ccc6n4[C@@]4(c6noc(=O)[nH]6)C[C@@H]4C)[C@H]5C)c3=O)ccc21. The second-order valence-electron chi connectivity index (χ2n) is 17.9. The Bertz CT molecular complexity index is 3280. The number of methoxy groups -OCH3 is 1. The van der Waals surface area contributed by atoms with Gasteiger partial charge in [-0.25, -0.2) is 18.7 Å². The first kappa shape index (κ1) is 40.9. The Morgan fingerprint density at radius 3 is 2.43 bits per heavy atom. The van der Waals surface area contributed by atoms with Crippen LogP contribution in [0.4, 0.5) is 4.39 Å². The molecule has 1 N–H and O–H groups in total. The van der Waals surface area contributed by atoms with Crippen molar-refractivity contribution in [2.75, 3.05) is 33.5 Å². The number of aromatic nitrogens is 9. The van der Waals surface area contributed by atoms with Crippen LogP contribution in [0.5, 0.6) is 0 Å². The number of aromatic amines is 1. The van der Waals surface area contributed by atoms with Gasteiger partial charge in [0.1, 0.15) is 22.9 Å². The summed E-state index contributed by atoms with van der Waals surface area (Å²) in [6.07, 6.45) is 8.08. The Morgan fingerprint density at radius 2 is 1.71 bits per heavy atom. The van der Waals surface area contributed by atoms with Crippen molar-refractivity contribution in [2.45, 2.75) is 77.4 Å². The molecular weight excluding hydrogens is 832 g/mol. The predicted octanol–water partition coefficient (Wildman–Crippen LogP) is 6.63. The molecule has 65 heavy (non-hydrogen) atoms. The van der Waals surface area contributed by atoms with Crippen molar-refractivity contribution in [3.05, 3.63) is 140 Å². The number of hydrogen-bond acceptors (Lipinski definition) is 9. The van der Waals surface area contributed by atoms with Crippen LogP contribution in [0, 0.1) is 25.6 Å². The number of fused-ring (bicyclic) bond motifs is 3. The number of nitrogens with zero attached hydrogens (tertiary/aromatic N) is 9. The number of carbonyl (C=O) groups is 1. The molecule has 11 rings (SSSR count). The first-order valence-corrected chi connectivity index (χ1v) is 22.2. The second-order valence-corrected chi connectivity index (χ2v) is 17.9. The van der Waals surface area contributed by atoms with Crippen LogP contribution in [-0.2, 0) is 28.0 Å². The summed E-state index contributed by atoms with van der Waals surface area (Å²) in [5, 5.41) is 15.6. The van der Waals surface area contributed by atoms with Crippen LogP contribution >= 0.6 is 0 Å². The van der Waals surface area contributed by atoms with E-state index in [0.29, 0.717) is 97.1 Å². The van der Waals surface area contributed by atoms with E-state index in [4.69, 9.17) is 19.1 Å². The molecule has 3 atom stereocenters. The van der Waals surface area contributed by atoms with Gasteiger partial charge in [-0.2, -0.15) is 10.2 Å². The number of rotatable bonds is 10. The third-order valence-corrected chi connectivity index (χ3v) is 14.0. The first-order valence-electron chi connectivity index (χ1n) is 22.2. The van der Waals surface area contributed by atoms with E-state index < -0.39 is 17.3 Å². The predicted molar refractivity (Wildman–Crippen MR) is 239 cm³/mol. The largest absolute Gasteiger partial charge is 0.438 e. The lowest BCUT2D eigenvalue weighted by molar-refractivity contribution is 0.0663. The van der Waals surface area contributed by atoms with Crippen molar-refractivity contribution in [1.29, 1.82) is 0 Å². The molecule has 17 heteroatoms. The zero-order valence-corrected chi connectivity index (χ0v) is 36.9. The van der Waals surface area contributed by atoms with Gasteiger partial charge < -0.3 is 18.9 Å². The van der Waals surface area contributed by atoms with Crippen molar-refractivity contribution >= 4 is 27.7 Å². The Hall–Kier alpha value is -6.85. The maximum absolute atomic E-state index is 15.5. The maximum Gasteiger partial charge on any atom is 0.438 e. The zero-order chi connectivity index (χ0) is 44.9. The van der Waals surface area contributed by atoms with Crippen molar-refractivity contribution in [1.82, 2.24) is 48.3 Å². The van der Waals surface area contributed by atoms with Gasteiger partial charge >= 0.3 is 11.4 Å². The number of H-pyrrole nitrogens is 1. The molecule has 334 valence electrons. The van der Waals surface area contributed by atoms with Gasteiger partial charge in [-0.05, 0) is 117 Å². The van der Waals surface area contributed by atoms with Gasteiger partial charge in [0.05, 0.1) is 48.0 Å². The number of nitrogens with one attached hydrogen (secondary N) is 1. The fourth-order valence-electron chi connectivity index (χ4n) is 10.5. The van der Waals surface area contributed by atoms with E-state index in [-0.39, 0.29) is 23.3 Å². The first-order chi connectivity index (χ1) is 31.5. The molecule has 0 unspecified atom stereocenters. The number of hydrogen-bond donors (Lipinski definition) is 1. The Balaban J connectivity index is 1.04. The third-order valence-electron chi connectivity index (χ3n) is 14.0. The van der Waals surface area contributed by atoms with Gasteiger partial charge in [0.2, 0.25) is 0 Å². The topological polar surface area (TPSA) is 165 Å². The highest BCUT2D eigenvalue weighted by Crippen LogP contribution is 2.56. The number of imidazole rings is 1. The van der Waals surface area contributed by atoms with Crippen molar-refractivity contribution in [3.63, 3.8) is 0 Å². The van der Waals surface area contributed by atoms with E-state index in [1.54, 1.807) is 65.5 Å². The quantitative estimate of drug-likeness (QED) is 0.159. The van der Waals surface area contributed by atoms with Crippen molar-refractivity contribution < 1.29 is 23.2 Å². The average Bonchev–Trinajstić information content (AvgIpc) is 3.95. The van der Waals surface area contributed by atoms with Crippen LogP contribution in [-0.4, -0.2) is 87.7 Å². The van der Waals surface area contributed by atoms with Crippen molar-refractivity contribution in [2.24, 2.45) is 5.92 Å². The smallest absolute Gasteiger partial charge is 0.383 e. The molecule has 1 saturated heterocycles. The summed E-state index contributed by atoms with van der Waals surface area (Å²) in [5.74, 6) is 0.0226. The van der Waals surface area contributed by atoms with Crippen LogP contribution in [0.2, 0.25) is 0 Å². The van der Waals surface area contributed by atoms with E-state index in [9.17, 15) is 9.59 Å². The second kappa shape index (κ2) is 15.4. The highest BCUT2D eigenvalue weighted by atomic mass is 19.1. The molecule has 16 nitrogen and oxygen atoms in total. The van der Waals surface area contributed by atoms with Crippen LogP contribution in [0.15, 0.2) is 87.3 Å². The minimum Gasteiger partial charge on any atom is -0.383 e. The molecule has 5 aromatic heterocycles. The van der Waals surface area contributed by atoms with Gasteiger partial charge in [-0.1, -0.05) is 18.1 Å². The number of ether oxygens (including phenoxy) is 2. The van der Waals surface area contributed by atoms with Crippen molar-refractivity contribution in [3.8, 4) is 17.2 Å². The molecule has 1 aliphatic carbocycles. The Morgan fingerprint density at radius 1 is 0.954 bits per heavy atom. The van der Waals surface area contributed by atoms with Gasteiger partial charge in [0, 0.05) is 67.5 Å². The molecule has 8 aromatic rings. The van der Waals surface area contributed by atoms with E-state index >= 15 is 9.18 Å². The summed E-state index contributed by atoms with van der Waals surface area (Å²) in [4.78, 5) is 47.3. The molecule has 2 fully saturated rings. The van der Waals surface area contributed by atoms with Crippen LogP contribution in [0.25, 0.3) is 39.0 Å². The maximum atomic E-state index is 15.5. The molecule has 7 heterocycles. The van der Waals surface area contributed by atoms with Crippen LogP contribution in [0.1, 0.15) is 89.3 Å². The van der Waals surface area contributed by atoms with Crippen LogP contribution < -0.4 is 11.4 Å². The number of amides is 1. The van der Waals surface area contributed by atoms with Gasteiger partial charge in [0.25, 0.3) is 5.91 Å². The summed E-state index contributed by atoms with van der Waals surface area (Å²) in [6, 6.07) is 17.0. The number of benzene rings is 3. The highest BCUT2D eigenvalue weighted by molar-refractivity contribution is 6.00. The monoisotopic (exact) mass is 880 g/mol. The highest BCUT2D eigenvalue weighted by Gasteiger charge is 2.59. The average molecular weight is 881 g/mol. The molecule has 0 radical (unpaired) electrons. The molecule has 3 aromatic carbocycles. The summed E-state index contributed by atoms with van der Waals surface area (Å²) in [6.45, 7) is 10.3. The summed E-state index contributed by atoms with van der Waals surface area (Å²) in [5.41, 5.74) is 5.81. The van der Waals surface area contributed by atoms with Gasteiger partial charge in [-0.15, -0.1) is 0 Å². The van der Waals surface area contributed by atoms with E-state index in [2.05, 4.69) is 44.9 Å². The molecular formula is C48H49FN10O6. The van der Waals surface area contributed by atoms with Crippen LogP contribution in [0.3, 0.4) is 0 Å². The summed E-state index contributed by atoms with van der Waals surface area (Å²) in [7, 11) is 1.65. The Labute approximate surface area is 371 Å². The lowest BCUT2D eigenvalue weighted by atomic mass is 9.91. The molecule has 0 bridgehead atoms.